The van der Waals surface area contributed by atoms with Crippen LogP contribution in [0.2, 0.25) is 0 Å². The van der Waals surface area contributed by atoms with Crippen molar-refractivity contribution in [3.05, 3.63) is 35.4 Å². The lowest BCUT2D eigenvalue weighted by atomic mass is 9.88. The summed E-state index contributed by atoms with van der Waals surface area (Å²) < 4.78 is 0. The van der Waals surface area contributed by atoms with Gasteiger partial charge in [0.05, 0.1) is 0 Å². The first kappa shape index (κ1) is 27.7. The lowest BCUT2D eigenvalue weighted by Gasteiger charge is -2.45. The summed E-state index contributed by atoms with van der Waals surface area (Å²) in [4.78, 5) is 20.8. The summed E-state index contributed by atoms with van der Waals surface area (Å²) in [6.07, 6.45) is 2.16. The normalized spacial score (nSPS) is 20.0. The number of piperidine rings is 1. The van der Waals surface area contributed by atoms with Gasteiger partial charge in [0.25, 0.3) is 5.91 Å². The van der Waals surface area contributed by atoms with Crippen molar-refractivity contribution in [1.82, 2.24) is 20.4 Å². The molecule has 1 aromatic rings. The van der Waals surface area contributed by atoms with E-state index in [2.05, 4.69) is 54.3 Å². The Bertz CT molecular complexity index is 724. The fourth-order valence-corrected chi connectivity index (χ4v) is 4.23. The number of likely N-dealkylation sites (tertiary alicyclic amines) is 1. The van der Waals surface area contributed by atoms with Crippen molar-refractivity contribution in [2.24, 2.45) is 16.8 Å². The summed E-state index contributed by atoms with van der Waals surface area (Å²) in [5.74, 6) is 2.36. The van der Waals surface area contributed by atoms with Crippen LogP contribution in [0.1, 0.15) is 50.0 Å². The van der Waals surface area contributed by atoms with Crippen molar-refractivity contribution in [1.29, 1.82) is 0 Å². The van der Waals surface area contributed by atoms with E-state index >= 15 is 0 Å². The molecule has 1 aromatic carbocycles. The monoisotopic (exact) mass is 543 g/mol. The van der Waals surface area contributed by atoms with Gasteiger partial charge in [0.15, 0.2) is 5.96 Å². The second-order valence-electron chi connectivity index (χ2n) is 9.67. The lowest BCUT2D eigenvalue weighted by Crippen LogP contribution is -2.57. The Hall–Kier alpha value is -1.35. The van der Waals surface area contributed by atoms with Crippen molar-refractivity contribution in [3.8, 4) is 0 Å². The van der Waals surface area contributed by atoms with Gasteiger partial charge >= 0.3 is 0 Å². The van der Waals surface area contributed by atoms with Crippen molar-refractivity contribution >= 4 is 35.8 Å². The number of halogens is 1. The number of rotatable bonds is 7. The molecule has 1 aliphatic heterocycles. The molecule has 0 radical (unpaired) electrons. The van der Waals surface area contributed by atoms with Crippen molar-refractivity contribution in [3.63, 3.8) is 0 Å². The van der Waals surface area contributed by atoms with Crippen LogP contribution in [0.4, 0.5) is 0 Å². The van der Waals surface area contributed by atoms with Crippen LogP contribution >= 0.6 is 24.0 Å². The molecule has 6 nitrogen and oxygen atoms in total. The van der Waals surface area contributed by atoms with Crippen LogP contribution in [0, 0.1) is 11.8 Å². The molecule has 176 valence electrons. The van der Waals surface area contributed by atoms with Gasteiger partial charge in [-0.05, 0) is 56.2 Å². The average Bonchev–Trinajstić information content (AvgIpc) is 2.69. The van der Waals surface area contributed by atoms with Crippen LogP contribution in [0.15, 0.2) is 29.3 Å². The molecule has 31 heavy (non-hydrogen) atoms. The zero-order valence-corrected chi connectivity index (χ0v) is 22.7. The van der Waals surface area contributed by atoms with E-state index in [4.69, 9.17) is 0 Å². The van der Waals surface area contributed by atoms with Gasteiger partial charge in [-0.2, -0.15) is 0 Å². The lowest BCUT2D eigenvalue weighted by molar-refractivity contribution is 0.0483. The number of carbonyl (C=O) groups excluding carboxylic acids is 1. The van der Waals surface area contributed by atoms with Crippen LogP contribution in [0.5, 0.6) is 0 Å². The topological polar surface area (TPSA) is 60.0 Å². The standard InChI is InChI=1S/C24H41N5O.HI/c1-18-13-19(2)16-29(15-18)24(3,4)17-27-23(25-5)26-12-11-20-9-8-10-21(14-20)22(30)28(6)7;/h8-10,14,18-19H,11-13,15-17H2,1-7H3,(H2,25,26,27);1H. The maximum Gasteiger partial charge on any atom is 0.253 e. The number of guanidine groups is 1. The molecule has 2 rings (SSSR count). The molecule has 0 spiro atoms. The Morgan fingerprint density at radius 1 is 1.19 bits per heavy atom. The number of nitrogens with one attached hydrogen (secondary N) is 2. The molecule has 2 unspecified atom stereocenters. The molecule has 0 bridgehead atoms. The second-order valence-corrected chi connectivity index (χ2v) is 9.67. The third-order valence-corrected chi connectivity index (χ3v) is 5.92. The Balaban J connectivity index is 0.00000480. The molecule has 2 atom stereocenters. The molecule has 0 aromatic heterocycles. The van der Waals surface area contributed by atoms with Gasteiger partial charge in [-0.3, -0.25) is 14.7 Å². The molecular formula is C24H42IN5O. The van der Waals surface area contributed by atoms with Gasteiger partial charge in [-0.1, -0.05) is 26.0 Å². The summed E-state index contributed by atoms with van der Waals surface area (Å²) in [5, 5.41) is 6.91. The highest BCUT2D eigenvalue weighted by molar-refractivity contribution is 14.0. The highest BCUT2D eigenvalue weighted by Gasteiger charge is 2.32. The van der Waals surface area contributed by atoms with E-state index in [1.807, 2.05) is 25.2 Å². The predicted molar refractivity (Wildman–Crippen MR) is 142 cm³/mol. The summed E-state index contributed by atoms with van der Waals surface area (Å²) in [6.45, 7) is 13.3. The number of amides is 1. The number of aliphatic imine (C=N–C) groups is 1. The average molecular weight is 544 g/mol. The smallest absolute Gasteiger partial charge is 0.253 e. The fraction of sp³-hybridized carbons (Fsp3) is 0.667. The maximum atomic E-state index is 12.2. The Labute approximate surface area is 206 Å². The van der Waals surface area contributed by atoms with Crippen LogP contribution in [0.3, 0.4) is 0 Å². The number of hydrogen-bond donors (Lipinski definition) is 2. The van der Waals surface area contributed by atoms with Gasteiger partial charge in [-0.25, -0.2) is 0 Å². The first-order valence-electron chi connectivity index (χ1n) is 11.1. The van der Waals surface area contributed by atoms with E-state index in [1.165, 1.54) is 6.42 Å². The van der Waals surface area contributed by atoms with E-state index in [9.17, 15) is 4.79 Å². The van der Waals surface area contributed by atoms with Crippen LogP contribution in [-0.2, 0) is 6.42 Å². The second kappa shape index (κ2) is 12.6. The summed E-state index contributed by atoms with van der Waals surface area (Å²) in [6, 6.07) is 7.85. The molecule has 1 aliphatic rings. The Morgan fingerprint density at radius 3 is 2.42 bits per heavy atom. The molecule has 1 fully saturated rings. The first-order valence-corrected chi connectivity index (χ1v) is 11.1. The van der Waals surface area contributed by atoms with Gasteiger partial charge in [-0.15, -0.1) is 24.0 Å². The molecule has 7 heteroatoms. The number of carbonyl (C=O) groups is 1. The van der Waals surface area contributed by atoms with E-state index < -0.39 is 0 Å². The number of benzene rings is 1. The van der Waals surface area contributed by atoms with E-state index in [1.54, 1.807) is 19.0 Å². The van der Waals surface area contributed by atoms with E-state index in [0.717, 1.165) is 61.5 Å². The fourth-order valence-electron chi connectivity index (χ4n) is 4.23. The third-order valence-electron chi connectivity index (χ3n) is 5.92. The van der Waals surface area contributed by atoms with Crippen molar-refractivity contribution in [2.45, 2.75) is 46.1 Å². The molecule has 1 saturated heterocycles. The van der Waals surface area contributed by atoms with Crippen molar-refractivity contribution < 1.29 is 4.79 Å². The summed E-state index contributed by atoms with van der Waals surface area (Å²) >= 11 is 0. The van der Waals surface area contributed by atoms with Crippen LogP contribution < -0.4 is 10.6 Å². The molecule has 0 saturated carbocycles. The number of nitrogens with zero attached hydrogens (tertiary/aromatic N) is 3. The predicted octanol–water partition coefficient (Wildman–Crippen LogP) is 3.47. The SMILES string of the molecule is CN=C(NCCc1cccc(C(=O)N(C)C)c1)NCC(C)(C)N1CC(C)CC(C)C1.I. The first-order chi connectivity index (χ1) is 14.1. The highest BCUT2D eigenvalue weighted by Crippen LogP contribution is 2.26. The summed E-state index contributed by atoms with van der Waals surface area (Å²) in [5.41, 5.74) is 1.94. The highest BCUT2D eigenvalue weighted by atomic mass is 127. The minimum absolute atomic E-state index is 0. The number of hydrogen-bond acceptors (Lipinski definition) is 3. The molecule has 1 amide bonds. The quantitative estimate of drug-likeness (QED) is 0.314. The summed E-state index contributed by atoms with van der Waals surface area (Å²) in [7, 11) is 5.36. The molecule has 0 aliphatic carbocycles. The van der Waals surface area contributed by atoms with Gasteiger partial charge in [0.2, 0.25) is 0 Å². The van der Waals surface area contributed by atoms with Crippen molar-refractivity contribution in [2.75, 3.05) is 47.3 Å². The maximum absolute atomic E-state index is 12.2. The van der Waals surface area contributed by atoms with Crippen LogP contribution in [-0.4, -0.2) is 74.5 Å². The van der Waals surface area contributed by atoms with Crippen LogP contribution in [0.25, 0.3) is 0 Å². The zero-order chi connectivity index (χ0) is 22.3. The Kier molecular flexibility index (Phi) is 11.3. The zero-order valence-electron chi connectivity index (χ0n) is 20.4. The minimum Gasteiger partial charge on any atom is -0.356 e. The van der Waals surface area contributed by atoms with E-state index in [0.29, 0.717) is 0 Å². The minimum atomic E-state index is 0. The third kappa shape index (κ3) is 8.60. The molecule has 2 N–H and O–H groups in total. The Morgan fingerprint density at radius 2 is 1.84 bits per heavy atom. The molecule has 1 heterocycles. The van der Waals surface area contributed by atoms with Gasteiger partial charge in [0, 0.05) is 58.4 Å². The van der Waals surface area contributed by atoms with E-state index in [-0.39, 0.29) is 35.4 Å². The molecular weight excluding hydrogens is 501 g/mol. The largest absolute Gasteiger partial charge is 0.356 e. The van der Waals surface area contributed by atoms with Gasteiger partial charge < -0.3 is 15.5 Å². The van der Waals surface area contributed by atoms with Gasteiger partial charge in [0.1, 0.15) is 0 Å².